The molecule has 3 rings (SSSR count). The number of nitrogens with one attached hydrogen (secondary N) is 1. The molecular weight excluding hydrogens is 366 g/mol. The van der Waals surface area contributed by atoms with Gasteiger partial charge in [0, 0.05) is 13.1 Å². The Bertz CT molecular complexity index is 853. The molecule has 1 amide bonds. The topological polar surface area (TPSA) is 95.1 Å². The zero-order valence-electron chi connectivity index (χ0n) is 13.2. The quantitative estimate of drug-likeness (QED) is 0.630. The second-order valence-corrected chi connectivity index (χ2v) is 6.25. The number of ether oxygens (including phenoxy) is 1. The van der Waals surface area contributed by atoms with Crippen molar-refractivity contribution in [1.82, 2.24) is 19.9 Å². The van der Waals surface area contributed by atoms with Crippen LogP contribution in [0.4, 0.5) is 5.82 Å². The molecule has 130 valence electrons. The third-order valence-electron chi connectivity index (χ3n) is 3.16. The summed E-state index contributed by atoms with van der Waals surface area (Å²) in [6.45, 7) is 0.221. The average Bonchev–Trinajstić information content (AvgIpc) is 3.23. The number of benzene rings is 1. The van der Waals surface area contributed by atoms with Gasteiger partial charge in [-0.1, -0.05) is 40.7 Å². The third kappa shape index (κ3) is 4.52. The highest BCUT2D eigenvalue weighted by Crippen LogP contribution is 2.24. The second kappa shape index (κ2) is 8.04. The summed E-state index contributed by atoms with van der Waals surface area (Å²) in [6, 6.07) is 8.77. The van der Waals surface area contributed by atoms with Gasteiger partial charge in [0.1, 0.15) is 18.6 Å². The molecule has 0 aliphatic heterocycles. The van der Waals surface area contributed by atoms with E-state index in [4.69, 9.17) is 16.3 Å². The molecule has 0 saturated carbocycles. The van der Waals surface area contributed by atoms with Crippen LogP contribution in [0, 0.1) is 0 Å². The number of anilines is 1. The largest absolute Gasteiger partial charge is 0.484 e. The van der Waals surface area contributed by atoms with Crippen molar-refractivity contribution in [2.45, 2.75) is 11.8 Å². The maximum atomic E-state index is 11.8. The lowest BCUT2D eigenvalue weighted by molar-refractivity contribution is -0.113. The summed E-state index contributed by atoms with van der Waals surface area (Å²) >= 11 is 7.31. The van der Waals surface area contributed by atoms with E-state index in [1.807, 2.05) is 19.2 Å². The van der Waals surface area contributed by atoms with E-state index in [9.17, 15) is 4.79 Å². The number of amides is 1. The highest BCUT2D eigenvalue weighted by molar-refractivity contribution is 7.99. The molecule has 2 aromatic heterocycles. The summed E-state index contributed by atoms with van der Waals surface area (Å²) in [7, 11) is 1.81. The first-order chi connectivity index (χ1) is 12.1. The van der Waals surface area contributed by atoms with E-state index in [2.05, 4.69) is 25.2 Å². The van der Waals surface area contributed by atoms with E-state index in [0.29, 0.717) is 27.6 Å². The molecular formula is C15H14ClN5O3S. The van der Waals surface area contributed by atoms with Crippen LogP contribution < -0.4 is 10.1 Å². The number of carbonyl (C=O) groups excluding carboxylic acids is 1. The van der Waals surface area contributed by atoms with Crippen LogP contribution in [-0.4, -0.2) is 31.6 Å². The Labute approximate surface area is 152 Å². The molecule has 0 bridgehead atoms. The van der Waals surface area contributed by atoms with Gasteiger partial charge in [-0.25, -0.2) is 0 Å². The number of hydrogen-bond acceptors (Lipinski definition) is 7. The van der Waals surface area contributed by atoms with Crippen LogP contribution in [0.3, 0.4) is 0 Å². The van der Waals surface area contributed by atoms with Crippen molar-refractivity contribution < 1.29 is 14.1 Å². The zero-order chi connectivity index (χ0) is 17.6. The Balaban J connectivity index is 1.54. The summed E-state index contributed by atoms with van der Waals surface area (Å²) in [6.07, 6.45) is 1.39. The number of hydrogen-bond donors (Lipinski definition) is 1. The van der Waals surface area contributed by atoms with Gasteiger partial charge in [-0.15, -0.1) is 10.2 Å². The first-order valence-electron chi connectivity index (χ1n) is 7.22. The molecule has 0 saturated heterocycles. The predicted molar refractivity (Wildman–Crippen MR) is 92.6 cm³/mol. The van der Waals surface area contributed by atoms with Crippen molar-refractivity contribution in [3.8, 4) is 5.75 Å². The van der Waals surface area contributed by atoms with Crippen LogP contribution in [0.1, 0.15) is 5.82 Å². The van der Waals surface area contributed by atoms with E-state index >= 15 is 0 Å². The first-order valence-corrected chi connectivity index (χ1v) is 8.58. The van der Waals surface area contributed by atoms with E-state index in [1.165, 1.54) is 18.0 Å². The normalized spacial score (nSPS) is 10.6. The fourth-order valence-corrected chi connectivity index (χ4v) is 2.81. The first kappa shape index (κ1) is 17.3. The molecule has 1 N–H and O–H groups in total. The van der Waals surface area contributed by atoms with Crippen molar-refractivity contribution in [1.29, 1.82) is 0 Å². The summed E-state index contributed by atoms with van der Waals surface area (Å²) in [5.74, 6) is 1.53. The molecule has 1 aromatic carbocycles. The molecule has 2 heterocycles. The number of para-hydroxylation sites is 1. The minimum Gasteiger partial charge on any atom is -0.484 e. The number of halogens is 1. The van der Waals surface area contributed by atoms with Crippen LogP contribution in [0.15, 0.2) is 46.3 Å². The van der Waals surface area contributed by atoms with Gasteiger partial charge in [0.15, 0.2) is 16.8 Å². The fourth-order valence-electron chi connectivity index (χ4n) is 1.89. The van der Waals surface area contributed by atoms with Crippen molar-refractivity contribution in [2.75, 3.05) is 11.1 Å². The highest BCUT2D eigenvalue weighted by atomic mass is 35.5. The van der Waals surface area contributed by atoms with Gasteiger partial charge in [0.2, 0.25) is 5.91 Å². The van der Waals surface area contributed by atoms with Gasteiger partial charge >= 0.3 is 0 Å². The predicted octanol–water partition coefficient (Wildman–Crippen LogP) is 2.77. The number of carbonyl (C=O) groups is 1. The summed E-state index contributed by atoms with van der Waals surface area (Å²) < 4.78 is 12.1. The van der Waals surface area contributed by atoms with Gasteiger partial charge in [0.25, 0.3) is 0 Å². The summed E-state index contributed by atoms with van der Waals surface area (Å²) in [5.41, 5.74) is 0. The van der Waals surface area contributed by atoms with E-state index in [0.717, 1.165) is 0 Å². The zero-order valence-corrected chi connectivity index (χ0v) is 14.8. The highest BCUT2D eigenvalue weighted by Gasteiger charge is 2.13. The van der Waals surface area contributed by atoms with E-state index in [-0.39, 0.29) is 18.3 Å². The maximum absolute atomic E-state index is 11.8. The van der Waals surface area contributed by atoms with E-state index in [1.54, 1.807) is 22.8 Å². The van der Waals surface area contributed by atoms with Crippen LogP contribution in [-0.2, 0) is 18.4 Å². The number of nitrogens with zero attached hydrogens (tertiary/aromatic N) is 4. The molecule has 0 radical (unpaired) electrons. The molecule has 0 unspecified atom stereocenters. The lowest BCUT2D eigenvalue weighted by Crippen LogP contribution is -2.14. The Kier molecular flexibility index (Phi) is 5.56. The van der Waals surface area contributed by atoms with Gasteiger partial charge in [-0.2, -0.15) is 0 Å². The Morgan fingerprint density at radius 1 is 1.36 bits per heavy atom. The van der Waals surface area contributed by atoms with Gasteiger partial charge in [-0.05, 0) is 12.1 Å². The molecule has 8 nitrogen and oxygen atoms in total. The lowest BCUT2D eigenvalue weighted by atomic mass is 10.3. The third-order valence-corrected chi connectivity index (χ3v) is 4.49. The Morgan fingerprint density at radius 2 is 2.20 bits per heavy atom. The molecule has 0 atom stereocenters. The van der Waals surface area contributed by atoms with Gasteiger partial charge < -0.3 is 19.1 Å². The molecule has 0 aliphatic carbocycles. The van der Waals surface area contributed by atoms with Gasteiger partial charge in [-0.3, -0.25) is 4.79 Å². The average molecular weight is 380 g/mol. The molecule has 3 aromatic rings. The molecule has 0 fully saturated rings. The fraction of sp³-hybridized carbons (Fsp3) is 0.200. The Hall–Kier alpha value is -2.52. The maximum Gasteiger partial charge on any atom is 0.236 e. The molecule has 10 heteroatoms. The SMILES string of the molecule is Cn1c(COc2ccccc2Cl)nnc1SCC(=O)Nc1ccon1. The molecule has 25 heavy (non-hydrogen) atoms. The monoisotopic (exact) mass is 379 g/mol. The molecule has 0 aliphatic rings. The van der Waals surface area contributed by atoms with Crippen molar-refractivity contribution in [3.05, 3.63) is 47.4 Å². The number of rotatable bonds is 7. The Morgan fingerprint density at radius 3 is 2.96 bits per heavy atom. The summed E-state index contributed by atoms with van der Waals surface area (Å²) in [5, 5.41) is 15.5. The second-order valence-electron chi connectivity index (χ2n) is 4.90. The van der Waals surface area contributed by atoms with Crippen LogP contribution in [0.25, 0.3) is 0 Å². The minimum absolute atomic E-state index is 0.171. The van der Waals surface area contributed by atoms with Crippen molar-refractivity contribution >= 4 is 35.1 Å². The van der Waals surface area contributed by atoms with Crippen molar-refractivity contribution in [2.24, 2.45) is 7.05 Å². The number of thioether (sulfide) groups is 1. The van der Waals surface area contributed by atoms with Crippen LogP contribution in [0.2, 0.25) is 5.02 Å². The smallest absolute Gasteiger partial charge is 0.236 e. The van der Waals surface area contributed by atoms with Gasteiger partial charge in [0.05, 0.1) is 10.8 Å². The molecule has 0 spiro atoms. The van der Waals surface area contributed by atoms with E-state index < -0.39 is 0 Å². The lowest BCUT2D eigenvalue weighted by Gasteiger charge is -2.07. The van der Waals surface area contributed by atoms with Crippen molar-refractivity contribution in [3.63, 3.8) is 0 Å². The minimum atomic E-state index is -0.212. The summed E-state index contributed by atoms with van der Waals surface area (Å²) in [4.78, 5) is 11.8. The number of aromatic nitrogens is 4. The standard InChI is InChI=1S/C15H14ClN5O3S/c1-21-13(8-23-11-5-3-2-4-10(11)16)18-19-15(21)25-9-14(22)17-12-6-7-24-20-12/h2-7H,8-9H2,1H3,(H,17,20,22). The van der Waals surface area contributed by atoms with Crippen LogP contribution in [0.5, 0.6) is 5.75 Å². The van der Waals surface area contributed by atoms with Crippen LogP contribution >= 0.6 is 23.4 Å².